The Morgan fingerprint density at radius 1 is 1.53 bits per heavy atom. The molecule has 0 aromatic heterocycles. The highest BCUT2D eigenvalue weighted by Gasteiger charge is 2.25. The van der Waals surface area contributed by atoms with Crippen LogP contribution in [-0.2, 0) is 4.79 Å². The summed E-state index contributed by atoms with van der Waals surface area (Å²) < 4.78 is 0. The molecule has 1 heterocycles. The van der Waals surface area contributed by atoms with E-state index >= 15 is 0 Å². The SMILES string of the molecule is CN(C)C(C)(C)CNC(=O)C1CCCN1. The van der Waals surface area contributed by atoms with E-state index in [9.17, 15) is 4.79 Å². The summed E-state index contributed by atoms with van der Waals surface area (Å²) in [4.78, 5) is 13.8. The van der Waals surface area contributed by atoms with Gasteiger partial charge in [-0.25, -0.2) is 0 Å². The monoisotopic (exact) mass is 213 g/mol. The molecule has 0 aromatic rings. The van der Waals surface area contributed by atoms with Crippen molar-refractivity contribution in [1.82, 2.24) is 15.5 Å². The van der Waals surface area contributed by atoms with Crippen molar-refractivity contribution in [3.05, 3.63) is 0 Å². The first-order chi connectivity index (χ1) is 6.93. The summed E-state index contributed by atoms with van der Waals surface area (Å²) >= 11 is 0. The maximum absolute atomic E-state index is 11.7. The smallest absolute Gasteiger partial charge is 0.237 e. The van der Waals surface area contributed by atoms with Gasteiger partial charge in [-0.05, 0) is 47.3 Å². The highest BCUT2D eigenvalue weighted by Crippen LogP contribution is 2.09. The lowest BCUT2D eigenvalue weighted by Crippen LogP contribution is -2.51. The summed E-state index contributed by atoms with van der Waals surface area (Å²) in [7, 11) is 4.06. The first-order valence-electron chi connectivity index (χ1n) is 5.62. The van der Waals surface area contributed by atoms with Gasteiger partial charge in [0.25, 0.3) is 0 Å². The average Bonchev–Trinajstić information content (AvgIpc) is 2.66. The summed E-state index contributed by atoms with van der Waals surface area (Å²) in [5.41, 5.74) is 0.00820. The molecule has 1 amide bonds. The van der Waals surface area contributed by atoms with E-state index < -0.39 is 0 Å². The molecule has 4 nitrogen and oxygen atoms in total. The molecule has 1 rings (SSSR count). The van der Waals surface area contributed by atoms with Crippen LogP contribution in [0.5, 0.6) is 0 Å². The third kappa shape index (κ3) is 3.47. The van der Waals surface area contributed by atoms with Crippen LogP contribution in [0.3, 0.4) is 0 Å². The molecule has 1 saturated heterocycles. The van der Waals surface area contributed by atoms with Crippen molar-refractivity contribution >= 4 is 5.91 Å². The number of carbonyl (C=O) groups excluding carboxylic acids is 1. The molecule has 88 valence electrons. The summed E-state index contributed by atoms with van der Waals surface area (Å²) in [5, 5.41) is 6.20. The molecular weight excluding hydrogens is 190 g/mol. The number of nitrogens with one attached hydrogen (secondary N) is 2. The first kappa shape index (κ1) is 12.5. The van der Waals surface area contributed by atoms with Crippen LogP contribution in [0.4, 0.5) is 0 Å². The minimum absolute atomic E-state index is 0.00820. The Balaban J connectivity index is 2.33. The second kappa shape index (κ2) is 4.94. The van der Waals surface area contributed by atoms with Gasteiger partial charge in [-0.1, -0.05) is 0 Å². The molecule has 1 atom stereocenters. The fraction of sp³-hybridized carbons (Fsp3) is 0.909. The van der Waals surface area contributed by atoms with Crippen LogP contribution in [0.25, 0.3) is 0 Å². The van der Waals surface area contributed by atoms with E-state index in [4.69, 9.17) is 0 Å². The van der Waals surface area contributed by atoms with E-state index in [1.165, 1.54) is 0 Å². The predicted molar refractivity (Wildman–Crippen MR) is 61.8 cm³/mol. The minimum Gasteiger partial charge on any atom is -0.353 e. The number of rotatable bonds is 4. The number of amides is 1. The van der Waals surface area contributed by atoms with Crippen LogP contribution in [0.1, 0.15) is 26.7 Å². The Bertz CT molecular complexity index is 220. The van der Waals surface area contributed by atoms with Crippen molar-refractivity contribution in [1.29, 1.82) is 0 Å². The van der Waals surface area contributed by atoms with E-state index in [1.807, 2.05) is 14.1 Å². The molecule has 0 saturated carbocycles. The highest BCUT2D eigenvalue weighted by molar-refractivity contribution is 5.82. The van der Waals surface area contributed by atoms with E-state index in [-0.39, 0.29) is 17.5 Å². The third-order valence-electron chi connectivity index (χ3n) is 3.28. The van der Waals surface area contributed by atoms with Gasteiger partial charge in [-0.2, -0.15) is 0 Å². The molecule has 1 aliphatic rings. The molecule has 1 aliphatic heterocycles. The van der Waals surface area contributed by atoms with Crippen LogP contribution in [0.2, 0.25) is 0 Å². The Morgan fingerprint density at radius 2 is 2.20 bits per heavy atom. The predicted octanol–water partition coefficient (Wildman–Crippen LogP) is 0.195. The van der Waals surface area contributed by atoms with Crippen molar-refractivity contribution in [2.24, 2.45) is 0 Å². The number of carbonyl (C=O) groups is 1. The molecular formula is C11H23N3O. The minimum atomic E-state index is 0.00820. The number of nitrogens with zero attached hydrogens (tertiary/aromatic N) is 1. The lowest BCUT2D eigenvalue weighted by molar-refractivity contribution is -0.123. The molecule has 0 spiro atoms. The lowest BCUT2D eigenvalue weighted by atomic mass is 10.0. The summed E-state index contributed by atoms with van der Waals surface area (Å²) in [5.74, 6) is 0.141. The van der Waals surface area contributed by atoms with Gasteiger partial charge in [0.05, 0.1) is 6.04 Å². The molecule has 0 aromatic carbocycles. The lowest BCUT2D eigenvalue weighted by Gasteiger charge is -2.33. The fourth-order valence-electron chi connectivity index (χ4n) is 1.49. The second-order valence-electron chi connectivity index (χ2n) is 5.07. The van der Waals surface area contributed by atoms with Gasteiger partial charge in [0.1, 0.15) is 0 Å². The van der Waals surface area contributed by atoms with Crippen LogP contribution in [0.15, 0.2) is 0 Å². The molecule has 1 fully saturated rings. The van der Waals surface area contributed by atoms with E-state index in [1.54, 1.807) is 0 Å². The van der Waals surface area contributed by atoms with Crippen molar-refractivity contribution in [2.45, 2.75) is 38.3 Å². The largest absolute Gasteiger partial charge is 0.353 e. The van der Waals surface area contributed by atoms with Crippen molar-refractivity contribution in [2.75, 3.05) is 27.2 Å². The maximum Gasteiger partial charge on any atom is 0.237 e. The van der Waals surface area contributed by atoms with E-state index in [2.05, 4.69) is 29.4 Å². The van der Waals surface area contributed by atoms with Crippen LogP contribution in [0, 0.1) is 0 Å². The molecule has 0 radical (unpaired) electrons. The Hall–Kier alpha value is -0.610. The summed E-state index contributed by atoms with van der Waals surface area (Å²) in [6.07, 6.45) is 2.07. The number of hydrogen-bond acceptors (Lipinski definition) is 3. The van der Waals surface area contributed by atoms with Crippen molar-refractivity contribution < 1.29 is 4.79 Å². The van der Waals surface area contributed by atoms with Crippen LogP contribution < -0.4 is 10.6 Å². The molecule has 0 aliphatic carbocycles. The molecule has 0 bridgehead atoms. The van der Waals surface area contributed by atoms with Gasteiger partial charge in [-0.3, -0.25) is 4.79 Å². The normalized spacial score (nSPS) is 22.1. The number of hydrogen-bond donors (Lipinski definition) is 2. The maximum atomic E-state index is 11.7. The number of likely N-dealkylation sites (N-methyl/N-ethyl adjacent to an activating group) is 1. The Morgan fingerprint density at radius 3 is 2.67 bits per heavy atom. The van der Waals surface area contributed by atoms with Crippen molar-refractivity contribution in [3.63, 3.8) is 0 Å². The third-order valence-corrected chi connectivity index (χ3v) is 3.28. The first-order valence-corrected chi connectivity index (χ1v) is 5.62. The zero-order valence-corrected chi connectivity index (χ0v) is 10.3. The van der Waals surface area contributed by atoms with Gasteiger partial charge < -0.3 is 15.5 Å². The van der Waals surface area contributed by atoms with Crippen LogP contribution >= 0.6 is 0 Å². The molecule has 4 heteroatoms. The molecule has 2 N–H and O–H groups in total. The molecule has 1 unspecified atom stereocenters. The zero-order chi connectivity index (χ0) is 11.5. The van der Waals surface area contributed by atoms with E-state index in [0.717, 1.165) is 19.4 Å². The standard InChI is InChI=1S/C11H23N3O/c1-11(2,14(3)4)8-13-10(15)9-6-5-7-12-9/h9,12H,5-8H2,1-4H3,(H,13,15). The molecule has 15 heavy (non-hydrogen) atoms. The Labute approximate surface area is 92.4 Å². The fourth-order valence-corrected chi connectivity index (χ4v) is 1.49. The van der Waals surface area contributed by atoms with Gasteiger partial charge in [0, 0.05) is 12.1 Å². The van der Waals surface area contributed by atoms with Gasteiger partial charge in [0.15, 0.2) is 0 Å². The van der Waals surface area contributed by atoms with Gasteiger partial charge >= 0.3 is 0 Å². The highest BCUT2D eigenvalue weighted by atomic mass is 16.2. The van der Waals surface area contributed by atoms with Gasteiger partial charge in [0.2, 0.25) is 5.91 Å². The van der Waals surface area contributed by atoms with Crippen molar-refractivity contribution in [3.8, 4) is 0 Å². The quantitative estimate of drug-likeness (QED) is 0.701. The summed E-state index contributed by atoms with van der Waals surface area (Å²) in [6, 6.07) is 0.0305. The van der Waals surface area contributed by atoms with Gasteiger partial charge in [-0.15, -0.1) is 0 Å². The topological polar surface area (TPSA) is 44.4 Å². The Kier molecular flexibility index (Phi) is 4.11. The summed E-state index contributed by atoms with van der Waals surface area (Å²) in [6.45, 7) is 5.90. The van der Waals surface area contributed by atoms with E-state index in [0.29, 0.717) is 6.54 Å². The second-order valence-corrected chi connectivity index (χ2v) is 5.07. The van der Waals surface area contributed by atoms with Crippen LogP contribution in [-0.4, -0.2) is 49.6 Å². The average molecular weight is 213 g/mol. The zero-order valence-electron chi connectivity index (χ0n) is 10.3.